The third-order valence-corrected chi connectivity index (χ3v) is 10.1. The summed E-state index contributed by atoms with van der Waals surface area (Å²) < 4.78 is 8.81. The molecular weight excluding hydrogens is 613 g/mol. The van der Waals surface area contributed by atoms with Crippen LogP contribution in [0.3, 0.4) is 0 Å². The van der Waals surface area contributed by atoms with Crippen molar-refractivity contribution >= 4 is 43.7 Å². The van der Waals surface area contributed by atoms with E-state index < -0.39 is 0 Å². The van der Waals surface area contributed by atoms with E-state index in [1.54, 1.807) is 0 Å². The molecule has 3 N–H and O–H groups in total. The van der Waals surface area contributed by atoms with Crippen molar-refractivity contribution in [3.8, 4) is 16.8 Å². The van der Waals surface area contributed by atoms with Gasteiger partial charge in [-0.1, -0.05) is 140 Å². The molecule has 0 aliphatic carbocycles. The number of fused-ring (bicyclic) bond motifs is 6. The monoisotopic (exact) mass is 646 g/mol. The number of hydrogen-bond donors (Lipinski definition) is 3. The van der Waals surface area contributed by atoms with Gasteiger partial charge in [-0.05, 0) is 46.5 Å². The summed E-state index contributed by atoms with van der Waals surface area (Å²) in [6.07, 6.45) is -0.345. The second-order valence-corrected chi connectivity index (χ2v) is 13.1. The lowest BCUT2D eigenvalue weighted by atomic mass is 10.0. The van der Waals surface area contributed by atoms with Gasteiger partial charge in [0.15, 0.2) is 0 Å². The maximum atomic E-state index is 6.41. The van der Waals surface area contributed by atoms with Gasteiger partial charge in [-0.3, -0.25) is 16.0 Å². The highest BCUT2D eigenvalue weighted by Crippen LogP contribution is 2.40. The van der Waals surface area contributed by atoms with Crippen LogP contribution in [-0.2, 0) is 0 Å². The Kier molecular flexibility index (Phi) is 6.88. The van der Waals surface area contributed by atoms with Crippen molar-refractivity contribution in [2.45, 2.75) is 18.5 Å². The number of nitrogens with one attached hydrogen (secondary N) is 3. The van der Waals surface area contributed by atoms with E-state index in [9.17, 15) is 0 Å². The van der Waals surface area contributed by atoms with Gasteiger partial charge in [-0.2, -0.15) is 0 Å². The van der Waals surface area contributed by atoms with E-state index in [0.29, 0.717) is 0 Å². The van der Waals surface area contributed by atoms with Crippen LogP contribution in [0.25, 0.3) is 60.6 Å². The van der Waals surface area contributed by atoms with Gasteiger partial charge in [-0.15, -0.1) is 0 Å². The normalized spacial score (nSPS) is 18.0. The van der Waals surface area contributed by atoms with Crippen LogP contribution in [-0.4, -0.2) is 4.57 Å². The van der Waals surface area contributed by atoms with Crippen LogP contribution >= 0.6 is 0 Å². The SMILES string of the molecule is c1ccc(-c2ccc(C3NC(c4ccccc4)NC(c4ccccc4-n4c5ccccc5c5cc6c(cc54)oc4ccccc46)N3)cc2)cc1. The molecular formula is C45H34N4O. The quantitative estimate of drug-likeness (QED) is 0.174. The first-order valence-corrected chi connectivity index (χ1v) is 17.2. The molecule has 5 heteroatoms. The molecule has 10 rings (SSSR count). The molecule has 0 radical (unpaired) electrons. The van der Waals surface area contributed by atoms with Gasteiger partial charge in [-0.25, -0.2) is 0 Å². The number of aromatic nitrogens is 1. The fraction of sp³-hybridized carbons (Fsp3) is 0.0667. The zero-order valence-electron chi connectivity index (χ0n) is 27.3. The number of furan rings is 1. The lowest BCUT2D eigenvalue weighted by Gasteiger charge is -2.40. The number of para-hydroxylation sites is 3. The van der Waals surface area contributed by atoms with Crippen LogP contribution in [0.1, 0.15) is 35.2 Å². The first-order valence-electron chi connectivity index (χ1n) is 17.2. The zero-order valence-corrected chi connectivity index (χ0v) is 27.3. The number of benzene rings is 7. The van der Waals surface area contributed by atoms with Gasteiger partial charge < -0.3 is 8.98 Å². The first kappa shape index (κ1) is 29.0. The highest BCUT2D eigenvalue weighted by molar-refractivity contribution is 6.17. The maximum absolute atomic E-state index is 6.41. The third kappa shape index (κ3) is 4.83. The van der Waals surface area contributed by atoms with E-state index in [1.807, 2.05) is 12.1 Å². The Bertz CT molecular complexity index is 2640. The highest BCUT2D eigenvalue weighted by atomic mass is 16.3. The predicted molar refractivity (Wildman–Crippen MR) is 204 cm³/mol. The third-order valence-electron chi connectivity index (χ3n) is 10.1. The van der Waals surface area contributed by atoms with Crippen LogP contribution in [0.2, 0.25) is 0 Å². The second-order valence-electron chi connectivity index (χ2n) is 13.1. The van der Waals surface area contributed by atoms with Gasteiger partial charge in [0.25, 0.3) is 0 Å². The Morgan fingerprint density at radius 3 is 1.80 bits per heavy atom. The Morgan fingerprint density at radius 1 is 0.400 bits per heavy atom. The molecule has 9 aromatic rings. The van der Waals surface area contributed by atoms with Crippen molar-refractivity contribution in [2.75, 3.05) is 0 Å². The van der Waals surface area contributed by atoms with E-state index in [2.05, 4.69) is 178 Å². The molecule has 0 bridgehead atoms. The van der Waals surface area contributed by atoms with Crippen LogP contribution < -0.4 is 16.0 Å². The maximum Gasteiger partial charge on any atom is 0.137 e. The molecule has 2 aromatic heterocycles. The molecule has 3 unspecified atom stereocenters. The number of nitrogens with zero attached hydrogens (tertiary/aromatic N) is 1. The summed E-state index contributed by atoms with van der Waals surface area (Å²) >= 11 is 0. The fourth-order valence-corrected chi connectivity index (χ4v) is 7.74. The minimum atomic E-state index is -0.164. The van der Waals surface area contributed by atoms with E-state index in [1.165, 1.54) is 33.0 Å². The van der Waals surface area contributed by atoms with E-state index in [-0.39, 0.29) is 18.5 Å². The van der Waals surface area contributed by atoms with Crippen molar-refractivity contribution in [3.05, 3.63) is 187 Å². The minimum Gasteiger partial charge on any atom is -0.456 e. The molecule has 1 aliphatic rings. The lowest BCUT2D eigenvalue weighted by molar-refractivity contribution is 0.203. The topological polar surface area (TPSA) is 54.2 Å². The van der Waals surface area contributed by atoms with Crippen molar-refractivity contribution in [2.24, 2.45) is 0 Å². The van der Waals surface area contributed by atoms with Crippen LogP contribution in [0.4, 0.5) is 0 Å². The van der Waals surface area contributed by atoms with Crippen molar-refractivity contribution in [3.63, 3.8) is 0 Å². The lowest BCUT2D eigenvalue weighted by Crippen LogP contribution is -2.54. The van der Waals surface area contributed by atoms with E-state index >= 15 is 0 Å². The van der Waals surface area contributed by atoms with Crippen LogP contribution in [0, 0.1) is 0 Å². The summed E-state index contributed by atoms with van der Waals surface area (Å²) in [7, 11) is 0. The molecule has 1 aliphatic heterocycles. The van der Waals surface area contributed by atoms with Gasteiger partial charge in [0.05, 0.1) is 35.2 Å². The molecule has 0 spiro atoms. The molecule has 3 atom stereocenters. The van der Waals surface area contributed by atoms with Crippen LogP contribution in [0.5, 0.6) is 0 Å². The van der Waals surface area contributed by atoms with Gasteiger partial charge >= 0.3 is 0 Å². The summed E-state index contributed by atoms with van der Waals surface area (Å²) in [5.74, 6) is 0. The zero-order chi connectivity index (χ0) is 33.0. The summed E-state index contributed by atoms with van der Waals surface area (Å²) in [6.45, 7) is 0. The summed E-state index contributed by atoms with van der Waals surface area (Å²) in [5, 5.41) is 16.4. The van der Waals surface area contributed by atoms with E-state index in [4.69, 9.17) is 4.42 Å². The van der Waals surface area contributed by atoms with Crippen LogP contribution in [0.15, 0.2) is 174 Å². The van der Waals surface area contributed by atoms with Gasteiger partial charge in [0.2, 0.25) is 0 Å². The minimum absolute atomic E-state index is 0.0809. The number of hydrogen-bond acceptors (Lipinski definition) is 4. The molecule has 1 saturated heterocycles. The van der Waals surface area contributed by atoms with Gasteiger partial charge in [0.1, 0.15) is 11.2 Å². The Balaban J connectivity index is 1.11. The predicted octanol–water partition coefficient (Wildman–Crippen LogP) is 10.5. The van der Waals surface area contributed by atoms with Crippen molar-refractivity contribution < 1.29 is 4.42 Å². The average Bonchev–Trinajstić information content (AvgIpc) is 3.72. The van der Waals surface area contributed by atoms with Gasteiger partial charge in [0, 0.05) is 33.2 Å². The largest absolute Gasteiger partial charge is 0.456 e. The number of rotatable bonds is 5. The molecule has 1 fully saturated rings. The molecule has 0 amide bonds. The molecule has 7 aromatic carbocycles. The summed E-state index contributed by atoms with van der Waals surface area (Å²) in [4.78, 5) is 0. The Hall–Kier alpha value is -5.98. The summed E-state index contributed by atoms with van der Waals surface area (Å²) in [6, 6.07) is 60.3. The highest BCUT2D eigenvalue weighted by Gasteiger charge is 2.31. The smallest absolute Gasteiger partial charge is 0.137 e. The molecule has 50 heavy (non-hydrogen) atoms. The molecule has 240 valence electrons. The van der Waals surface area contributed by atoms with Crippen molar-refractivity contribution in [1.82, 2.24) is 20.5 Å². The summed E-state index contributed by atoms with van der Waals surface area (Å²) in [5.41, 5.74) is 11.1. The molecule has 5 nitrogen and oxygen atoms in total. The second kappa shape index (κ2) is 11.9. The molecule has 0 saturated carbocycles. The Morgan fingerprint density at radius 2 is 1.00 bits per heavy atom. The first-order chi connectivity index (χ1) is 24.8. The molecule has 3 heterocycles. The fourth-order valence-electron chi connectivity index (χ4n) is 7.74. The van der Waals surface area contributed by atoms with Crippen molar-refractivity contribution in [1.29, 1.82) is 0 Å². The van der Waals surface area contributed by atoms with E-state index in [0.717, 1.165) is 44.2 Å². The standard InChI is InChI=1S/C45H34N4O/c1-3-13-29(14-4-1)30-23-25-32(26-24-30)44-46-43(31-15-5-2-6-16-31)47-45(48-44)35-19-8-11-21-39(35)49-38-20-10-7-17-33(38)36-27-37-34-18-9-12-22-41(34)50-42(37)28-40(36)49/h1-28,43-48H. The average molecular weight is 647 g/mol. The Labute approximate surface area is 289 Å².